The summed E-state index contributed by atoms with van der Waals surface area (Å²) in [5.74, 6) is 1.24. The van der Waals surface area contributed by atoms with Crippen molar-refractivity contribution in [3.8, 4) is 11.5 Å². The maximum absolute atomic E-state index is 12.7. The number of benzene rings is 2. The summed E-state index contributed by atoms with van der Waals surface area (Å²) >= 11 is 5.97. The first-order valence-electron chi connectivity index (χ1n) is 11.2. The Bertz CT molecular complexity index is 1050. The van der Waals surface area contributed by atoms with Gasteiger partial charge in [-0.1, -0.05) is 11.6 Å². The molecule has 8 nitrogen and oxygen atoms in total. The topological polar surface area (TPSA) is 80.3 Å². The van der Waals surface area contributed by atoms with E-state index in [0.29, 0.717) is 54.9 Å². The Morgan fingerprint density at radius 1 is 1.03 bits per heavy atom. The summed E-state index contributed by atoms with van der Waals surface area (Å²) < 4.78 is 17.0. The normalized spacial score (nSPS) is 22.7. The van der Waals surface area contributed by atoms with Crippen LogP contribution in [0.1, 0.15) is 19.3 Å². The fourth-order valence-corrected chi connectivity index (χ4v) is 4.74. The van der Waals surface area contributed by atoms with Gasteiger partial charge in [0.1, 0.15) is 18.8 Å². The molecule has 1 atom stereocenters. The van der Waals surface area contributed by atoms with Gasteiger partial charge in [0.15, 0.2) is 11.5 Å². The highest BCUT2D eigenvalue weighted by molar-refractivity contribution is 6.30. The van der Waals surface area contributed by atoms with E-state index in [9.17, 15) is 9.59 Å². The molecule has 33 heavy (non-hydrogen) atoms. The molecule has 5 rings (SSSR count). The van der Waals surface area contributed by atoms with Gasteiger partial charge in [-0.2, -0.15) is 0 Å². The van der Waals surface area contributed by atoms with Crippen LogP contribution in [0.5, 0.6) is 11.5 Å². The van der Waals surface area contributed by atoms with Crippen LogP contribution in [-0.4, -0.2) is 61.9 Å². The van der Waals surface area contributed by atoms with Gasteiger partial charge >= 0.3 is 6.09 Å². The van der Waals surface area contributed by atoms with E-state index in [2.05, 4.69) is 10.2 Å². The van der Waals surface area contributed by atoms with Gasteiger partial charge in [0.25, 0.3) is 0 Å². The van der Waals surface area contributed by atoms with Gasteiger partial charge in [0.2, 0.25) is 5.91 Å². The van der Waals surface area contributed by atoms with Gasteiger partial charge in [-0.25, -0.2) is 4.79 Å². The number of anilines is 2. The molecule has 1 spiro atoms. The van der Waals surface area contributed by atoms with E-state index in [1.165, 1.54) is 0 Å². The number of likely N-dealkylation sites (tertiary alicyclic amines) is 1. The van der Waals surface area contributed by atoms with E-state index < -0.39 is 5.60 Å². The van der Waals surface area contributed by atoms with Crippen LogP contribution in [0.15, 0.2) is 42.5 Å². The second kappa shape index (κ2) is 9.11. The fourth-order valence-electron chi connectivity index (χ4n) is 4.61. The first-order chi connectivity index (χ1) is 16.0. The first-order valence-corrected chi connectivity index (χ1v) is 11.6. The first kappa shape index (κ1) is 21.9. The Kier molecular flexibility index (Phi) is 6.03. The molecule has 0 saturated carbocycles. The molecule has 9 heteroatoms. The van der Waals surface area contributed by atoms with Crippen LogP contribution in [-0.2, 0) is 9.53 Å². The number of fused-ring (bicyclic) bond motifs is 1. The molecule has 2 saturated heterocycles. The Hall–Kier alpha value is -2.97. The lowest BCUT2D eigenvalue weighted by atomic mass is 9.95. The smallest absolute Gasteiger partial charge is 0.415 e. The molecular weight excluding hydrogens is 446 g/mol. The van der Waals surface area contributed by atoms with E-state index in [4.69, 9.17) is 25.8 Å². The molecule has 3 aliphatic heterocycles. The highest BCUT2D eigenvalue weighted by Crippen LogP contribution is 2.36. The van der Waals surface area contributed by atoms with Crippen molar-refractivity contribution in [2.75, 3.05) is 49.6 Å². The zero-order valence-corrected chi connectivity index (χ0v) is 19.0. The number of hydrogen-bond donors (Lipinski definition) is 1. The molecule has 1 unspecified atom stereocenters. The van der Waals surface area contributed by atoms with Gasteiger partial charge in [0, 0.05) is 35.4 Å². The van der Waals surface area contributed by atoms with Crippen LogP contribution >= 0.6 is 11.6 Å². The monoisotopic (exact) mass is 471 g/mol. The number of nitrogens with zero attached hydrogens (tertiary/aromatic N) is 2. The van der Waals surface area contributed by atoms with E-state index in [-0.39, 0.29) is 18.5 Å². The minimum absolute atomic E-state index is 0.0890. The summed E-state index contributed by atoms with van der Waals surface area (Å²) in [6, 6.07) is 12.6. The molecule has 3 heterocycles. The van der Waals surface area contributed by atoms with Crippen molar-refractivity contribution in [3.63, 3.8) is 0 Å². The van der Waals surface area contributed by atoms with Gasteiger partial charge < -0.3 is 19.5 Å². The van der Waals surface area contributed by atoms with Crippen molar-refractivity contribution in [2.45, 2.75) is 24.9 Å². The maximum atomic E-state index is 12.7. The van der Waals surface area contributed by atoms with Crippen molar-refractivity contribution >= 4 is 35.0 Å². The second-order valence-electron chi connectivity index (χ2n) is 8.65. The molecule has 1 N–H and O–H groups in total. The van der Waals surface area contributed by atoms with Crippen LogP contribution in [0, 0.1) is 0 Å². The third-order valence-electron chi connectivity index (χ3n) is 6.29. The molecule has 2 aromatic rings. The van der Waals surface area contributed by atoms with Crippen LogP contribution < -0.4 is 19.7 Å². The lowest BCUT2D eigenvalue weighted by molar-refractivity contribution is -0.117. The van der Waals surface area contributed by atoms with E-state index in [1.54, 1.807) is 29.2 Å². The molecule has 2 amide bonds. The zero-order valence-electron chi connectivity index (χ0n) is 18.2. The molecule has 0 aromatic heterocycles. The van der Waals surface area contributed by atoms with Crippen LogP contribution in [0.2, 0.25) is 5.02 Å². The summed E-state index contributed by atoms with van der Waals surface area (Å²) in [4.78, 5) is 29.0. The van der Waals surface area contributed by atoms with Gasteiger partial charge in [-0.15, -0.1) is 0 Å². The van der Waals surface area contributed by atoms with Crippen molar-refractivity contribution < 1.29 is 23.8 Å². The zero-order chi connectivity index (χ0) is 22.8. The van der Waals surface area contributed by atoms with E-state index >= 15 is 0 Å². The summed E-state index contributed by atoms with van der Waals surface area (Å²) in [6.07, 6.45) is 1.96. The second-order valence-corrected chi connectivity index (χ2v) is 9.09. The number of carbonyl (C=O) groups excluding carboxylic acids is 2. The van der Waals surface area contributed by atoms with Crippen LogP contribution in [0.3, 0.4) is 0 Å². The lowest BCUT2D eigenvalue weighted by Crippen LogP contribution is -2.37. The molecule has 2 fully saturated rings. The van der Waals surface area contributed by atoms with Crippen LogP contribution in [0.25, 0.3) is 0 Å². The molecule has 2 aromatic carbocycles. The predicted molar refractivity (Wildman–Crippen MR) is 124 cm³/mol. The van der Waals surface area contributed by atoms with Crippen molar-refractivity contribution in [1.82, 2.24) is 4.90 Å². The average molecular weight is 472 g/mol. The van der Waals surface area contributed by atoms with E-state index in [1.807, 2.05) is 18.2 Å². The molecular formula is C24H26ClN3O5. The minimum atomic E-state index is -0.530. The number of carbonyl (C=O) groups is 2. The lowest BCUT2D eigenvalue weighted by Gasteiger charge is -2.25. The average Bonchev–Trinajstić information content (AvgIpc) is 3.01. The van der Waals surface area contributed by atoms with Crippen molar-refractivity contribution in [1.29, 1.82) is 0 Å². The van der Waals surface area contributed by atoms with Crippen molar-refractivity contribution in [2.24, 2.45) is 0 Å². The standard InChI is InChI=1S/C24H26ClN3O5/c25-17-2-5-19(6-3-17)28-16-24(33-23(28)30)8-1-10-27(11-9-24)15-22(29)26-18-4-7-20-21(14-18)32-13-12-31-20/h2-7,14H,1,8-13,15-16H2,(H,26,29). The summed E-state index contributed by atoms with van der Waals surface area (Å²) in [6.45, 7) is 3.26. The quantitative estimate of drug-likeness (QED) is 0.727. The Balaban J connectivity index is 1.17. The van der Waals surface area contributed by atoms with Gasteiger partial charge in [0.05, 0.1) is 13.1 Å². The molecule has 0 bridgehead atoms. The molecule has 174 valence electrons. The maximum Gasteiger partial charge on any atom is 0.415 e. The number of ether oxygens (including phenoxy) is 3. The summed E-state index contributed by atoms with van der Waals surface area (Å²) in [5, 5.41) is 3.57. The van der Waals surface area contributed by atoms with Gasteiger partial charge in [-0.3, -0.25) is 14.6 Å². The van der Waals surface area contributed by atoms with Crippen molar-refractivity contribution in [3.05, 3.63) is 47.5 Å². The molecule has 0 aliphatic carbocycles. The summed E-state index contributed by atoms with van der Waals surface area (Å²) in [5.41, 5.74) is 0.928. The van der Waals surface area contributed by atoms with Gasteiger partial charge in [-0.05, 0) is 55.8 Å². The number of halogens is 1. The number of nitrogens with one attached hydrogen (secondary N) is 1. The SMILES string of the molecule is O=C(CN1CCCC2(CC1)CN(c1ccc(Cl)cc1)C(=O)O2)Nc1ccc2c(c1)OCCO2. The Morgan fingerprint density at radius 3 is 2.64 bits per heavy atom. The highest BCUT2D eigenvalue weighted by Gasteiger charge is 2.46. The number of hydrogen-bond acceptors (Lipinski definition) is 6. The predicted octanol–water partition coefficient (Wildman–Crippen LogP) is 3.93. The number of amides is 2. The Labute approximate surface area is 197 Å². The summed E-state index contributed by atoms with van der Waals surface area (Å²) in [7, 11) is 0. The third kappa shape index (κ3) is 4.86. The largest absolute Gasteiger partial charge is 0.486 e. The fraction of sp³-hybridized carbons (Fsp3) is 0.417. The third-order valence-corrected chi connectivity index (χ3v) is 6.54. The van der Waals surface area contributed by atoms with Crippen LogP contribution in [0.4, 0.5) is 16.2 Å². The van der Waals surface area contributed by atoms with E-state index in [0.717, 1.165) is 25.1 Å². The highest BCUT2D eigenvalue weighted by atomic mass is 35.5. The number of rotatable bonds is 4. The molecule has 0 radical (unpaired) electrons. The molecule has 3 aliphatic rings. The minimum Gasteiger partial charge on any atom is -0.486 e. The Morgan fingerprint density at radius 2 is 1.82 bits per heavy atom.